The van der Waals surface area contributed by atoms with E-state index in [1.54, 1.807) is 0 Å². The van der Waals surface area contributed by atoms with Crippen molar-refractivity contribution in [3.05, 3.63) is 6.42 Å². The standard InChI is InChI=1S/C12H21/c1-2-3-7-12-8-4-11(5-9-12)6-10-12/h7,11H,2-6,8-10H2,1H3. The van der Waals surface area contributed by atoms with Crippen LogP contribution in [0.1, 0.15) is 58.3 Å². The number of unbranched alkanes of at least 4 members (excludes halogenated alkanes) is 1. The fourth-order valence-electron chi connectivity index (χ4n) is 3.04. The monoisotopic (exact) mass is 165 g/mol. The van der Waals surface area contributed by atoms with Gasteiger partial charge in [-0.25, -0.2) is 0 Å². The molecule has 3 fully saturated rings. The van der Waals surface area contributed by atoms with Gasteiger partial charge in [-0.3, -0.25) is 0 Å². The van der Waals surface area contributed by atoms with Gasteiger partial charge in [-0.05, 0) is 62.7 Å². The molecule has 3 rings (SSSR count). The summed E-state index contributed by atoms with van der Waals surface area (Å²) in [6, 6.07) is 0. The summed E-state index contributed by atoms with van der Waals surface area (Å²) in [5, 5.41) is 0. The first-order valence-electron chi connectivity index (χ1n) is 5.69. The van der Waals surface area contributed by atoms with E-state index in [4.69, 9.17) is 0 Å². The second kappa shape index (κ2) is 3.40. The van der Waals surface area contributed by atoms with Gasteiger partial charge in [0.15, 0.2) is 0 Å². The molecule has 0 N–H and O–H groups in total. The van der Waals surface area contributed by atoms with Crippen LogP contribution in [0.25, 0.3) is 0 Å². The SMILES string of the molecule is CCC[CH]C12CCC(CC1)CC2. The fourth-order valence-corrected chi connectivity index (χ4v) is 3.04. The molecule has 0 spiro atoms. The average molecular weight is 165 g/mol. The highest BCUT2D eigenvalue weighted by atomic mass is 14.4. The predicted molar refractivity (Wildman–Crippen MR) is 52.8 cm³/mol. The Morgan fingerprint density at radius 3 is 2.25 bits per heavy atom. The second-order valence-corrected chi connectivity index (χ2v) is 4.84. The third-order valence-corrected chi connectivity index (χ3v) is 4.02. The molecule has 3 aliphatic rings. The van der Waals surface area contributed by atoms with Gasteiger partial charge < -0.3 is 0 Å². The molecule has 0 nitrogen and oxygen atoms in total. The minimum Gasteiger partial charge on any atom is -0.0654 e. The van der Waals surface area contributed by atoms with E-state index >= 15 is 0 Å². The Labute approximate surface area is 76.7 Å². The summed E-state index contributed by atoms with van der Waals surface area (Å²) in [6.45, 7) is 2.29. The maximum atomic E-state index is 2.66. The van der Waals surface area contributed by atoms with Crippen molar-refractivity contribution >= 4 is 0 Å². The molecule has 1 radical (unpaired) electrons. The van der Waals surface area contributed by atoms with Crippen LogP contribution in [-0.2, 0) is 0 Å². The molecular formula is C12H21. The topological polar surface area (TPSA) is 0 Å². The van der Waals surface area contributed by atoms with Crippen molar-refractivity contribution in [1.29, 1.82) is 0 Å². The van der Waals surface area contributed by atoms with E-state index < -0.39 is 0 Å². The normalized spacial score (nSPS) is 40.2. The molecule has 0 heteroatoms. The molecule has 3 aliphatic carbocycles. The zero-order chi connectivity index (χ0) is 8.44. The van der Waals surface area contributed by atoms with Crippen LogP contribution in [-0.4, -0.2) is 0 Å². The largest absolute Gasteiger partial charge is 0.0654 e. The van der Waals surface area contributed by atoms with Crippen LogP contribution >= 0.6 is 0 Å². The molecule has 0 amide bonds. The van der Waals surface area contributed by atoms with Crippen LogP contribution in [0, 0.1) is 17.8 Å². The van der Waals surface area contributed by atoms with E-state index in [1.165, 1.54) is 51.4 Å². The summed E-state index contributed by atoms with van der Waals surface area (Å²) in [4.78, 5) is 0. The highest BCUT2D eigenvalue weighted by molar-refractivity contribution is 4.99. The van der Waals surface area contributed by atoms with Gasteiger partial charge in [-0.2, -0.15) is 0 Å². The van der Waals surface area contributed by atoms with E-state index in [0.717, 1.165) is 5.92 Å². The van der Waals surface area contributed by atoms with Gasteiger partial charge in [0.1, 0.15) is 0 Å². The molecule has 0 atom stereocenters. The number of fused-ring (bicyclic) bond motifs is 3. The van der Waals surface area contributed by atoms with E-state index in [-0.39, 0.29) is 0 Å². The van der Waals surface area contributed by atoms with Crippen molar-refractivity contribution in [2.75, 3.05) is 0 Å². The van der Waals surface area contributed by atoms with Crippen LogP contribution < -0.4 is 0 Å². The number of hydrogen-bond acceptors (Lipinski definition) is 0. The highest BCUT2D eigenvalue weighted by Gasteiger charge is 2.39. The lowest BCUT2D eigenvalue weighted by Crippen LogP contribution is -2.34. The van der Waals surface area contributed by atoms with E-state index in [1.807, 2.05) is 0 Å². The van der Waals surface area contributed by atoms with Gasteiger partial charge in [0.25, 0.3) is 0 Å². The third-order valence-electron chi connectivity index (χ3n) is 4.02. The Morgan fingerprint density at radius 1 is 1.17 bits per heavy atom. The zero-order valence-corrected chi connectivity index (χ0v) is 8.31. The van der Waals surface area contributed by atoms with Gasteiger partial charge >= 0.3 is 0 Å². The van der Waals surface area contributed by atoms with Crippen LogP contribution in [0.15, 0.2) is 0 Å². The van der Waals surface area contributed by atoms with E-state index in [9.17, 15) is 0 Å². The Bertz CT molecular complexity index is 126. The third kappa shape index (κ3) is 1.53. The summed E-state index contributed by atoms with van der Waals surface area (Å²) in [5.41, 5.74) is 0.713. The van der Waals surface area contributed by atoms with E-state index in [0.29, 0.717) is 5.41 Å². The van der Waals surface area contributed by atoms with E-state index in [2.05, 4.69) is 13.3 Å². The highest BCUT2D eigenvalue weighted by Crippen LogP contribution is 2.52. The van der Waals surface area contributed by atoms with Crippen LogP contribution in [0.2, 0.25) is 0 Å². The summed E-state index contributed by atoms with van der Waals surface area (Å²) in [7, 11) is 0. The lowest BCUT2D eigenvalue weighted by molar-refractivity contribution is 0.0919. The van der Waals surface area contributed by atoms with Crippen molar-refractivity contribution in [3.8, 4) is 0 Å². The first kappa shape index (κ1) is 8.59. The fraction of sp³-hybridized carbons (Fsp3) is 0.917. The van der Waals surface area contributed by atoms with Crippen molar-refractivity contribution < 1.29 is 0 Å². The zero-order valence-electron chi connectivity index (χ0n) is 8.31. The molecule has 69 valence electrons. The van der Waals surface area contributed by atoms with Crippen molar-refractivity contribution in [1.82, 2.24) is 0 Å². The Morgan fingerprint density at radius 2 is 1.75 bits per heavy atom. The molecular weight excluding hydrogens is 144 g/mol. The van der Waals surface area contributed by atoms with Gasteiger partial charge in [0.2, 0.25) is 0 Å². The van der Waals surface area contributed by atoms with Crippen molar-refractivity contribution in [2.45, 2.75) is 58.3 Å². The second-order valence-electron chi connectivity index (χ2n) is 4.84. The first-order valence-corrected chi connectivity index (χ1v) is 5.69. The molecule has 3 saturated carbocycles. The van der Waals surface area contributed by atoms with Gasteiger partial charge in [-0.1, -0.05) is 13.3 Å². The molecule has 0 saturated heterocycles. The minimum atomic E-state index is 0.713. The molecule has 0 aromatic carbocycles. The number of hydrogen-bond donors (Lipinski definition) is 0. The van der Waals surface area contributed by atoms with Crippen molar-refractivity contribution in [3.63, 3.8) is 0 Å². The lowest BCUT2D eigenvalue weighted by Gasteiger charge is -2.46. The van der Waals surface area contributed by atoms with Crippen molar-refractivity contribution in [2.24, 2.45) is 11.3 Å². The maximum absolute atomic E-state index is 2.66. The van der Waals surface area contributed by atoms with Crippen LogP contribution in [0.5, 0.6) is 0 Å². The van der Waals surface area contributed by atoms with Gasteiger partial charge in [0, 0.05) is 0 Å². The Balaban J connectivity index is 1.90. The van der Waals surface area contributed by atoms with Crippen LogP contribution in [0.3, 0.4) is 0 Å². The quantitative estimate of drug-likeness (QED) is 0.593. The predicted octanol–water partition coefficient (Wildman–Crippen LogP) is 3.96. The summed E-state index contributed by atoms with van der Waals surface area (Å²) in [6.07, 6.45) is 14.5. The molecule has 0 unspecified atom stereocenters. The Hall–Kier alpha value is 0. The molecule has 2 bridgehead atoms. The van der Waals surface area contributed by atoms with Crippen LogP contribution in [0.4, 0.5) is 0 Å². The first-order chi connectivity index (χ1) is 5.85. The van der Waals surface area contributed by atoms with Gasteiger partial charge in [-0.15, -0.1) is 0 Å². The molecule has 0 aromatic rings. The Kier molecular flexibility index (Phi) is 2.43. The smallest absolute Gasteiger partial charge is 0.0266 e. The minimum absolute atomic E-state index is 0.713. The molecule has 12 heavy (non-hydrogen) atoms. The average Bonchev–Trinajstić information content (AvgIpc) is 2.18. The number of rotatable bonds is 3. The lowest BCUT2D eigenvalue weighted by atomic mass is 9.59. The summed E-state index contributed by atoms with van der Waals surface area (Å²) in [5.74, 6) is 1.11. The van der Waals surface area contributed by atoms with Gasteiger partial charge in [0.05, 0.1) is 0 Å². The molecule has 0 aliphatic heterocycles. The molecule has 0 heterocycles. The molecule has 0 aromatic heterocycles. The summed E-state index contributed by atoms with van der Waals surface area (Å²) >= 11 is 0. The summed E-state index contributed by atoms with van der Waals surface area (Å²) < 4.78 is 0. The maximum Gasteiger partial charge on any atom is -0.0266 e.